The molecule has 0 fully saturated rings. The molecule has 0 atom stereocenters. The van der Waals surface area contributed by atoms with Gasteiger partial charge in [0.05, 0.1) is 21.5 Å². The topological polar surface area (TPSA) is 122 Å². The van der Waals surface area contributed by atoms with Gasteiger partial charge >= 0.3 is 0 Å². The number of ether oxygens (including phenoxy) is 1. The molecule has 0 aliphatic rings. The van der Waals surface area contributed by atoms with E-state index in [1.165, 1.54) is 93.8 Å². The van der Waals surface area contributed by atoms with E-state index in [9.17, 15) is 18.0 Å². The fourth-order valence-corrected chi connectivity index (χ4v) is 7.04. The first-order valence-electron chi connectivity index (χ1n) is 15.7. The van der Waals surface area contributed by atoms with Gasteiger partial charge in [0.25, 0.3) is 21.5 Å². The predicted octanol–water partition coefficient (Wildman–Crippen LogP) is 9.48. The van der Waals surface area contributed by atoms with Crippen LogP contribution in [0, 0.1) is 0 Å². The van der Waals surface area contributed by atoms with Crippen molar-refractivity contribution in [3.05, 3.63) is 97.7 Å². The number of aromatic nitrogens is 2. The van der Waals surface area contributed by atoms with Crippen molar-refractivity contribution in [2.24, 2.45) is 0 Å². The number of rotatable bonds is 18. The number of anilines is 2. The summed E-state index contributed by atoms with van der Waals surface area (Å²) in [4.78, 5) is 25.6. The van der Waals surface area contributed by atoms with Crippen LogP contribution >= 0.6 is 34.8 Å². The van der Waals surface area contributed by atoms with E-state index in [4.69, 9.17) is 39.5 Å². The Morgan fingerprint density at radius 3 is 2.09 bits per heavy atom. The van der Waals surface area contributed by atoms with Gasteiger partial charge in [0, 0.05) is 22.3 Å². The summed E-state index contributed by atoms with van der Waals surface area (Å²) in [5, 5.41) is 5.91. The van der Waals surface area contributed by atoms with Crippen molar-refractivity contribution in [1.29, 1.82) is 0 Å². The van der Waals surface area contributed by atoms with E-state index in [2.05, 4.69) is 22.1 Å². The van der Waals surface area contributed by atoms with Gasteiger partial charge in [0.2, 0.25) is 0 Å². The zero-order valence-electron chi connectivity index (χ0n) is 26.2. The van der Waals surface area contributed by atoms with Crippen molar-refractivity contribution in [2.75, 3.05) is 16.6 Å². The number of benzene rings is 3. The summed E-state index contributed by atoms with van der Waals surface area (Å²) >= 11 is 18.4. The summed E-state index contributed by atoms with van der Waals surface area (Å²) in [5.74, 6) is 0.0891. The van der Waals surface area contributed by atoms with Crippen molar-refractivity contribution in [1.82, 2.24) is 9.78 Å². The monoisotopic (exact) mass is 720 g/mol. The van der Waals surface area contributed by atoms with Crippen molar-refractivity contribution in [3.63, 3.8) is 0 Å². The number of halogens is 3. The first kappa shape index (κ1) is 36.4. The first-order chi connectivity index (χ1) is 22.6. The van der Waals surface area contributed by atoms with Gasteiger partial charge in [-0.3, -0.25) is 19.4 Å². The number of nitrogens with zero attached hydrogens (tertiary/aromatic N) is 1. The Kier molecular flexibility index (Phi) is 13.7. The van der Waals surface area contributed by atoms with E-state index in [1.54, 1.807) is 18.2 Å². The summed E-state index contributed by atoms with van der Waals surface area (Å²) in [6, 6.07) is 16.2. The maximum Gasteiger partial charge on any atom is 0.273 e. The lowest BCUT2D eigenvalue weighted by Crippen LogP contribution is -2.16. The Hall–Kier alpha value is -3.44. The van der Waals surface area contributed by atoms with Crippen LogP contribution in [0.25, 0.3) is 5.69 Å². The van der Waals surface area contributed by atoms with E-state index in [0.717, 1.165) is 23.6 Å². The minimum Gasteiger partial charge on any atom is -0.494 e. The van der Waals surface area contributed by atoms with Crippen LogP contribution in [0.4, 0.5) is 11.5 Å². The Morgan fingerprint density at radius 2 is 1.45 bits per heavy atom. The van der Waals surface area contributed by atoms with Gasteiger partial charge in [-0.05, 0) is 61.0 Å². The molecular formula is C34H39Cl3N4O5S. The van der Waals surface area contributed by atoms with Crippen LogP contribution in [0.3, 0.4) is 0 Å². The number of unbranched alkanes of at least 4 members (excludes halogenated alkanes) is 9. The van der Waals surface area contributed by atoms with E-state index >= 15 is 0 Å². The molecule has 4 aromatic rings. The van der Waals surface area contributed by atoms with E-state index < -0.39 is 21.5 Å². The number of H-pyrrole nitrogens is 1. The van der Waals surface area contributed by atoms with Gasteiger partial charge in [-0.25, -0.2) is 13.1 Å². The summed E-state index contributed by atoms with van der Waals surface area (Å²) in [7, 11) is -3.94. The molecule has 9 nitrogen and oxygen atoms in total. The number of hydrogen-bond acceptors (Lipinski definition) is 5. The molecule has 0 saturated heterocycles. The van der Waals surface area contributed by atoms with Crippen LogP contribution in [-0.2, 0) is 10.0 Å². The second-order valence-corrected chi connectivity index (χ2v) is 14.1. The third kappa shape index (κ3) is 10.8. The van der Waals surface area contributed by atoms with Gasteiger partial charge in [-0.2, -0.15) is 0 Å². The number of hydrogen-bond donors (Lipinski definition) is 3. The van der Waals surface area contributed by atoms with Gasteiger partial charge in [-0.15, -0.1) is 0 Å². The van der Waals surface area contributed by atoms with Gasteiger partial charge < -0.3 is 10.1 Å². The highest BCUT2D eigenvalue weighted by Crippen LogP contribution is 2.31. The molecule has 0 radical (unpaired) electrons. The first-order valence-corrected chi connectivity index (χ1v) is 18.3. The lowest BCUT2D eigenvalue weighted by molar-refractivity contribution is 0.102. The van der Waals surface area contributed by atoms with E-state index in [-0.39, 0.29) is 37.7 Å². The van der Waals surface area contributed by atoms with Crippen LogP contribution in [0.2, 0.25) is 15.1 Å². The molecule has 0 aliphatic carbocycles. The van der Waals surface area contributed by atoms with Crippen LogP contribution in [0.15, 0.2) is 76.4 Å². The second-order valence-electron chi connectivity index (χ2n) is 11.2. The Bertz CT molecular complexity index is 1780. The maximum atomic E-state index is 13.1. The number of sulfonamides is 1. The average Bonchev–Trinajstić information content (AvgIpc) is 3.38. The number of amides is 1. The minimum absolute atomic E-state index is 0.0528. The standard InChI is InChI=1S/C34H39Cl3N4O5S/c1-2-3-4-5-6-7-8-9-10-11-19-46-27-15-17-28(18-16-27)47(44,45)40-26-14-12-13-24(20-26)34(43)38-31-23-32(42)41(39-31)33-29(36)21-25(35)22-30(33)37/h12-18,20-23,39-40H,2-11,19H2,1H3,(H,38,43). The number of nitrogens with one attached hydrogen (secondary N) is 3. The van der Waals surface area contributed by atoms with Crippen molar-refractivity contribution in [3.8, 4) is 11.4 Å². The normalized spacial score (nSPS) is 11.4. The third-order valence-electron chi connectivity index (χ3n) is 7.45. The highest BCUT2D eigenvalue weighted by molar-refractivity contribution is 7.92. The Labute approximate surface area is 290 Å². The molecular weight excluding hydrogens is 683 g/mol. The Balaban J connectivity index is 1.28. The molecule has 47 heavy (non-hydrogen) atoms. The highest BCUT2D eigenvalue weighted by atomic mass is 35.5. The third-order valence-corrected chi connectivity index (χ3v) is 9.64. The summed E-state index contributed by atoms with van der Waals surface area (Å²) in [6.07, 6.45) is 12.4. The largest absolute Gasteiger partial charge is 0.494 e. The summed E-state index contributed by atoms with van der Waals surface area (Å²) < 4.78 is 35.5. The molecule has 4 rings (SSSR count). The molecule has 252 valence electrons. The zero-order valence-corrected chi connectivity index (χ0v) is 29.2. The fraction of sp³-hybridized carbons (Fsp3) is 0.353. The maximum absolute atomic E-state index is 13.1. The quantitative estimate of drug-likeness (QED) is 0.0884. The number of carbonyl (C=O) groups excluding carboxylic acids is 1. The smallest absolute Gasteiger partial charge is 0.273 e. The van der Waals surface area contributed by atoms with Crippen molar-refractivity contribution in [2.45, 2.75) is 76.0 Å². The Morgan fingerprint density at radius 1 is 0.830 bits per heavy atom. The molecule has 0 spiro atoms. The van der Waals surface area contributed by atoms with E-state index in [1.807, 2.05) is 0 Å². The van der Waals surface area contributed by atoms with Crippen LogP contribution in [-0.4, -0.2) is 30.7 Å². The highest BCUT2D eigenvalue weighted by Gasteiger charge is 2.18. The molecule has 1 aromatic heterocycles. The minimum atomic E-state index is -3.94. The fourth-order valence-electron chi connectivity index (χ4n) is 5.00. The summed E-state index contributed by atoms with van der Waals surface area (Å²) in [5.41, 5.74) is -0.0155. The van der Waals surface area contributed by atoms with Crippen molar-refractivity contribution >= 4 is 62.2 Å². The number of carbonyl (C=O) groups is 1. The van der Waals surface area contributed by atoms with Crippen molar-refractivity contribution < 1.29 is 17.9 Å². The summed E-state index contributed by atoms with van der Waals surface area (Å²) in [6.45, 7) is 2.81. The molecule has 1 heterocycles. The lowest BCUT2D eigenvalue weighted by Gasteiger charge is -2.11. The van der Waals surface area contributed by atoms with Crippen LogP contribution < -0.4 is 20.3 Å². The average molecular weight is 722 g/mol. The molecule has 1 amide bonds. The molecule has 0 saturated carbocycles. The number of aromatic amines is 1. The lowest BCUT2D eigenvalue weighted by atomic mass is 10.1. The van der Waals surface area contributed by atoms with Gasteiger partial charge in [-0.1, -0.05) is 106 Å². The molecule has 3 N–H and O–H groups in total. The molecule has 13 heteroatoms. The molecule has 3 aromatic carbocycles. The predicted molar refractivity (Wildman–Crippen MR) is 190 cm³/mol. The molecule has 0 bridgehead atoms. The molecule has 0 aliphatic heterocycles. The van der Waals surface area contributed by atoms with Gasteiger partial charge in [0.15, 0.2) is 0 Å². The molecule has 0 unspecified atom stereocenters. The SMILES string of the molecule is CCCCCCCCCCCCOc1ccc(S(=O)(=O)Nc2cccc(C(=O)Nc3cc(=O)n(-c4c(Cl)cc(Cl)cc4Cl)[nH]3)c2)cc1. The van der Waals surface area contributed by atoms with Crippen LogP contribution in [0.1, 0.15) is 81.5 Å². The van der Waals surface area contributed by atoms with Crippen LogP contribution in [0.5, 0.6) is 5.75 Å². The van der Waals surface area contributed by atoms with Gasteiger partial charge in [0.1, 0.15) is 17.3 Å². The zero-order chi connectivity index (χ0) is 33.8. The van der Waals surface area contributed by atoms with E-state index in [0.29, 0.717) is 17.4 Å². The second kappa shape index (κ2) is 17.6.